The summed E-state index contributed by atoms with van der Waals surface area (Å²) < 4.78 is 12.9. The highest BCUT2D eigenvalue weighted by Gasteiger charge is 2.36. The summed E-state index contributed by atoms with van der Waals surface area (Å²) in [5.41, 5.74) is 0.922. The lowest BCUT2D eigenvalue weighted by Crippen LogP contribution is -2.36. The van der Waals surface area contributed by atoms with Gasteiger partial charge < -0.3 is 5.32 Å². The number of rotatable bonds is 4. The summed E-state index contributed by atoms with van der Waals surface area (Å²) in [5.74, 6) is -1.52. The zero-order valence-corrected chi connectivity index (χ0v) is 13.6. The van der Waals surface area contributed by atoms with Gasteiger partial charge in [0.15, 0.2) is 0 Å². The molecule has 0 unspecified atom stereocenters. The van der Waals surface area contributed by atoms with E-state index in [1.807, 2.05) is 0 Å². The average molecular weight is 357 g/mol. The largest absolute Gasteiger partial charge is 0.325 e. The molecule has 1 aliphatic heterocycles. The number of anilines is 1. The van der Waals surface area contributed by atoms with Crippen LogP contribution in [0.3, 0.4) is 0 Å². The summed E-state index contributed by atoms with van der Waals surface area (Å²) in [5, 5.41) is 1.98. The van der Waals surface area contributed by atoms with Crippen LogP contribution in [-0.2, 0) is 9.59 Å². The second-order valence-corrected chi connectivity index (χ2v) is 6.07. The van der Waals surface area contributed by atoms with Gasteiger partial charge >= 0.3 is 0 Å². The van der Waals surface area contributed by atoms with Crippen molar-refractivity contribution in [3.63, 3.8) is 0 Å². The third kappa shape index (κ3) is 4.10. The van der Waals surface area contributed by atoms with Gasteiger partial charge in [-0.05, 0) is 54.2 Å². The molecule has 126 valence electrons. The molecule has 1 aromatic carbocycles. The first-order valence-corrected chi connectivity index (χ1v) is 8.06. The summed E-state index contributed by atoms with van der Waals surface area (Å²) in [7, 11) is 0. The van der Waals surface area contributed by atoms with Crippen LogP contribution in [0.5, 0.6) is 0 Å². The molecule has 3 amide bonds. The van der Waals surface area contributed by atoms with Crippen LogP contribution in [0.4, 0.5) is 14.9 Å². The third-order valence-electron chi connectivity index (χ3n) is 3.27. The minimum atomic E-state index is -0.548. The highest BCUT2D eigenvalue weighted by molar-refractivity contribution is 8.18. The first-order chi connectivity index (χ1) is 12.0. The maximum absolute atomic E-state index is 12.9. The number of hydrogen-bond donors (Lipinski definition) is 1. The van der Waals surface area contributed by atoms with Gasteiger partial charge in [-0.15, -0.1) is 0 Å². The summed E-state index contributed by atoms with van der Waals surface area (Å²) in [6.07, 6.45) is 3.08. The molecule has 8 heteroatoms. The summed E-state index contributed by atoms with van der Waals surface area (Å²) in [6.45, 7) is -0.415. The number of thioether (sulfide) groups is 1. The monoisotopic (exact) mass is 357 g/mol. The number of hydrogen-bond acceptors (Lipinski definition) is 5. The maximum atomic E-state index is 12.9. The topological polar surface area (TPSA) is 79.4 Å². The van der Waals surface area contributed by atoms with E-state index in [2.05, 4.69) is 10.3 Å². The number of nitrogens with one attached hydrogen (secondary N) is 1. The summed E-state index contributed by atoms with van der Waals surface area (Å²) >= 11 is 0.756. The number of benzene rings is 1. The zero-order valence-electron chi connectivity index (χ0n) is 12.8. The van der Waals surface area contributed by atoms with Crippen LogP contribution in [0.1, 0.15) is 5.69 Å². The van der Waals surface area contributed by atoms with Gasteiger partial charge in [-0.2, -0.15) is 0 Å². The normalized spacial score (nSPS) is 15.7. The van der Waals surface area contributed by atoms with E-state index in [9.17, 15) is 18.8 Å². The van der Waals surface area contributed by atoms with Crippen LogP contribution >= 0.6 is 11.8 Å². The molecule has 0 saturated carbocycles. The Kier molecular flexibility index (Phi) is 4.90. The van der Waals surface area contributed by atoms with Gasteiger partial charge in [-0.25, -0.2) is 4.39 Å². The zero-order chi connectivity index (χ0) is 17.8. The maximum Gasteiger partial charge on any atom is 0.294 e. The van der Waals surface area contributed by atoms with Crippen molar-refractivity contribution < 1.29 is 18.8 Å². The Balaban J connectivity index is 1.67. The van der Waals surface area contributed by atoms with Gasteiger partial charge in [-0.3, -0.25) is 24.3 Å². The molecular formula is C17H12FN3O3S. The van der Waals surface area contributed by atoms with Crippen molar-refractivity contribution in [1.82, 2.24) is 9.88 Å². The van der Waals surface area contributed by atoms with E-state index in [1.54, 1.807) is 24.4 Å². The second-order valence-electron chi connectivity index (χ2n) is 5.08. The molecule has 25 heavy (non-hydrogen) atoms. The van der Waals surface area contributed by atoms with E-state index >= 15 is 0 Å². The lowest BCUT2D eigenvalue weighted by Gasteiger charge is -2.12. The van der Waals surface area contributed by atoms with E-state index < -0.39 is 29.4 Å². The molecule has 0 atom stereocenters. The Morgan fingerprint density at radius 3 is 2.64 bits per heavy atom. The number of amides is 3. The standard InChI is InChI=1S/C17H12FN3O3S/c18-11-4-6-12(7-5-11)20-15(22)10-21-16(23)14(25-17(21)24)9-13-3-1-2-8-19-13/h1-9H,10H2,(H,20,22)/b14-9+. The molecule has 1 N–H and O–H groups in total. The number of pyridine rings is 1. The molecular weight excluding hydrogens is 345 g/mol. The van der Waals surface area contributed by atoms with Gasteiger partial charge in [0.1, 0.15) is 12.4 Å². The van der Waals surface area contributed by atoms with Crippen molar-refractivity contribution in [2.45, 2.75) is 0 Å². The Morgan fingerprint density at radius 2 is 1.96 bits per heavy atom. The number of carbonyl (C=O) groups is 3. The van der Waals surface area contributed by atoms with Crippen molar-refractivity contribution in [2.24, 2.45) is 0 Å². The van der Waals surface area contributed by atoms with Crippen molar-refractivity contribution in [3.05, 3.63) is 65.1 Å². The molecule has 3 rings (SSSR count). The summed E-state index contributed by atoms with van der Waals surface area (Å²) in [6, 6.07) is 10.4. The van der Waals surface area contributed by atoms with E-state index in [-0.39, 0.29) is 4.91 Å². The van der Waals surface area contributed by atoms with Crippen molar-refractivity contribution in [1.29, 1.82) is 0 Å². The highest BCUT2D eigenvalue weighted by atomic mass is 32.2. The Bertz CT molecular complexity index is 853. The van der Waals surface area contributed by atoms with Crippen LogP contribution < -0.4 is 5.32 Å². The molecule has 1 aliphatic rings. The minimum absolute atomic E-state index is 0.207. The number of carbonyl (C=O) groups excluding carboxylic acids is 3. The van der Waals surface area contributed by atoms with E-state index in [0.717, 1.165) is 16.7 Å². The SMILES string of the molecule is O=C(CN1C(=O)S/C(=C/c2ccccn2)C1=O)Nc1ccc(F)cc1. The quantitative estimate of drug-likeness (QED) is 0.851. The van der Waals surface area contributed by atoms with Gasteiger partial charge in [-0.1, -0.05) is 6.07 Å². The molecule has 0 spiro atoms. The molecule has 0 bridgehead atoms. The predicted molar refractivity (Wildman–Crippen MR) is 91.9 cm³/mol. The third-order valence-corrected chi connectivity index (χ3v) is 4.18. The van der Waals surface area contributed by atoms with Crippen molar-refractivity contribution in [3.8, 4) is 0 Å². The fourth-order valence-electron chi connectivity index (χ4n) is 2.11. The first-order valence-electron chi connectivity index (χ1n) is 7.25. The minimum Gasteiger partial charge on any atom is -0.325 e. The van der Waals surface area contributed by atoms with Crippen molar-refractivity contribution >= 4 is 40.6 Å². The highest BCUT2D eigenvalue weighted by Crippen LogP contribution is 2.31. The van der Waals surface area contributed by atoms with Crippen LogP contribution in [0.25, 0.3) is 6.08 Å². The number of aromatic nitrogens is 1. The van der Waals surface area contributed by atoms with Crippen LogP contribution in [0, 0.1) is 5.82 Å². The molecule has 0 aliphatic carbocycles. The molecule has 0 radical (unpaired) electrons. The van der Waals surface area contributed by atoms with Gasteiger partial charge in [0.25, 0.3) is 11.1 Å². The van der Waals surface area contributed by atoms with Crippen LogP contribution in [-0.4, -0.2) is 33.5 Å². The van der Waals surface area contributed by atoms with Gasteiger partial charge in [0.2, 0.25) is 5.91 Å². The first kappa shape index (κ1) is 16.8. The molecule has 2 heterocycles. The van der Waals surface area contributed by atoms with E-state index in [1.165, 1.54) is 30.3 Å². The molecule has 6 nitrogen and oxygen atoms in total. The Morgan fingerprint density at radius 1 is 1.20 bits per heavy atom. The number of imide groups is 1. The predicted octanol–water partition coefficient (Wildman–Crippen LogP) is 2.90. The van der Waals surface area contributed by atoms with E-state index in [0.29, 0.717) is 11.4 Å². The molecule has 1 fully saturated rings. The molecule has 2 aromatic rings. The smallest absolute Gasteiger partial charge is 0.294 e. The summed E-state index contributed by atoms with van der Waals surface area (Å²) in [4.78, 5) is 41.5. The lowest BCUT2D eigenvalue weighted by molar-refractivity contribution is -0.127. The van der Waals surface area contributed by atoms with Crippen molar-refractivity contribution in [2.75, 3.05) is 11.9 Å². The molecule has 1 saturated heterocycles. The van der Waals surface area contributed by atoms with Gasteiger partial charge in [0, 0.05) is 11.9 Å². The second kappa shape index (κ2) is 7.27. The Hall–Kier alpha value is -3.00. The fourth-order valence-corrected chi connectivity index (χ4v) is 2.93. The van der Waals surface area contributed by atoms with Crippen LogP contribution in [0.2, 0.25) is 0 Å². The number of halogens is 1. The number of nitrogens with zero attached hydrogens (tertiary/aromatic N) is 2. The van der Waals surface area contributed by atoms with Crippen LogP contribution in [0.15, 0.2) is 53.6 Å². The average Bonchev–Trinajstić information content (AvgIpc) is 2.85. The molecule has 1 aromatic heterocycles. The van der Waals surface area contributed by atoms with E-state index in [4.69, 9.17) is 0 Å². The van der Waals surface area contributed by atoms with Gasteiger partial charge in [0.05, 0.1) is 10.6 Å². The lowest BCUT2D eigenvalue weighted by atomic mass is 10.3. The fraction of sp³-hybridized carbons (Fsp3) is 0.0588. The Labute approximate surface area is 146 Å².